The van der Waals surface area contributed by atoms with Crippen LogP contribution in [-0.2, 0) is 0 Å². The molecule has 1 heterocycles. The van der Waals surface area contributed by atoms with E-state index in [9.17, 15) is 0 Å². The average molecular weight is 269 g/mol. The molecule has 0 unspecified atom stereocenters. The Hall–Kier alpha value is -2.81. The van der Waals surface area contributed by atoms with Gasteiger partial charge in [-0.2, -0.15) is 10.2 Å². The Morgan fingerprint density at radius 1 is 1.30 bits per heavy atom. The first-order valence-electron chi connectivity index (χ1n) is 6.15. The highest BCUT2D eigenvalue weighted by Crippen LogP contribution is 2.28. The van der Waals surface area contributed by atoms with E-state index in [-0.39, 0.29) is 6.10 Å². The van der Waals surface area contributed by atoms with E-state index in [2.05, 4.69) is 21.4 Å². The van der Waals surface area contributed by atoms with Gasteiger partial charge in [-0.15, -0.1) is 0 Å². The largest absolute Gasteiger partial charge is 0.473 e. The van der Waals surface area contributed by atoms with E-state index >= 15 is 0 Å². The van der Waals surface area contributed by atoms with Crippen molar-refractivity contribution in [2.75, 3.05) is 11.1 Å². The molecule has 6 nitrogen and oxygen atoms in total. The number of benzene rings is 1. The second kappa shape index (κ2) is 5.89. The summed E-state index contributed by atoms with van der Waals surface area (Å²) in [7, 11) is 0. The molecule has 0 radical (unpaired) electrons. The maximum absolute atomic E-state index is 9.06. The molecule has 0 fully saturated rings. The van der Waals surface area contributed by atoms with Crippen molar-refractivity contribution in [3.63, 3.8) is 0 Å². The molecule has 0 amide bonds. The third kappa shape index (κ3) is 2.95. The van der Waals surface area contributed by atoms with Crippen LogP contribution >= 0.6 is 0 Å². The molecule has 0 aliphatic rings. The van der Waals surface area contributed by atoms with Crippen LogP contribution in [0.25, 0.3) is 0 Å². The van der Waals surface area contributed by atoms with Crippen molar-refractivity contribution in [3.05, 3.63) is 36.2 Å². The number of nitrogens with one attached hydrogen (secondary N) is 1. The lowest BCUT2D eigenvalue weighted by Crippen LogP contribution is -2.11. The maximum atomic E-state index is 9.06. The summed E-state index contributed by atoms with van der Waals surface area (Å²) in [6.07, 6.45) is 1.33. The van der Waals surface area contributed by atoms with Gasteiger partial charge in [-0.1, -0.05) is 12.1 Å². The fourth-order valence-electron chi connectivity index (χ4n) is 1.61. The number of para-hydroxylation sites is 1. The van der Waals surface area contributed by atoms with Crippen molar-refractivity contribution in [2.45, 2.75) is 20.0 Å². The zero-order chi connectivity index (χ0) is 14.5. The maximum Gasteiger partial charge on any atom is 0.242 e. The Morgan fingerprint density at radius 2 is 2.05 bits per heavy atom. The molecule has 1 aromatic heterocycles. The molecule has 20 heavy (non-hydrogen) atoms. The highest BCUT2D eigenvalue weighted by Gasteiger charge is 2.12. The van der Waals surface area contributed by atoms with Crippen LogP contribution in [0, 0.1) is 11.3 Å². The predicted molar refractivity (Wildman–Crippen MR) is 76.6 cm³/mol. The molecule has 102 valence electrons. The number of nitrogens with zero attached hydrogens (tertiary/aromatic N) is 3. The van der Waals surface area contributed by atoms with E-state index < -0.39 is 0 Å². The lowest BCUT2D eigenvalue weighted by Gasteiger charge is -2.14. The van der Waals surface area contributed by atoms with E-state index in [1.807, 2.05) is 19.9 Å². The van der Waals surface area contributed by atoms with Gasteiger partial charge in [0.2, 0.25) is 5.88 Å². The summed E-state index contributed by atoms with van der Waals surface area (Å²) in [5.74, 6) is 0.741. The quantitative estimate of drug-likeness (QED) is 0.884. The van der Waals surface area contributed by atoms with E-state index in [1.165, 1.54) is 6.33 Å². The molecule has 0 spiro atoms. The summed E-state index contributed by atoms with van der Waals surface area (Å²) >= 11 is 0. The first kappa shape index (κ1) is 13.6. The monoisotopic (exact) mass is 269 g/mol. The third-order valence-corrected chi connectivity index (χ3v) is 2.50. The SMILES string of the molecule is CC(C)Oc1ncnc(Nc2ccccc2C#N)c1N. The topological polar surface area (TPSA) is 96.9 Å². The number of nitrogens with two attached hydrogens (primary N) is 1. The summed E-state index contributed by atoms with van der Waals surface area (Å²) in [5, 5.41) is 12.1. The van der Waals surface area contributed by atoms with Crippen LogP contribution in [0.2, 0.25) is 0 Å². The minimum atomic E-state index is -0.0357. The van der Waals surface area contributed by atoms with Crippen molar-refractivity contribution in [1.29, 1.82) is 5.26 Å². The van der Waals surface area contributed by atoms with Crippen molar-refractivity contribution in [3.8, 4) is 11.9 Å². The van der Waals surface area contributed by atoms with Gasteiger partial charge in [0.15, 0.2) is 5.82 Å². The number of hydrogen-bond acceptors (Lipinski definition) is 6. The first-order valence-corrected chi connectivity index (χ1v) is 6.15. The number of rotatable bonds is 4. The highest BCUT2D eigenvalue weighted by atomic mass is 16.5. The molecule has 0 saturated heterocycles. The van der Waals surface area contributed by atoms with Gasteiger partial charge in [0.1, 0.15) is 18.1 Å². The first-order chi connectivity index (χ1) is 9.61. The van der Waals surface area contributed by atoms with Gasteiger partial charge in [-0.05, 0) is 26.0 Å². The van der Waals surface area contributed by atoms with Gasteiger partial charge in [-0.3, -0.25) is 0 Å². The third-order valence-electron chi connectivity index (χ3n) is 2.50. The van der Waals surface area contributed by atoms with Crippen molar-refractivity contribution < 1.29 is 4.74 Å². The van der Waals surface area contributed by atoms with Crippen molar-refractivity contribution >= 4 is 17.2 Å². The van der Waals surface area contributed by atoms with Crippen LogP contribution in [-0.4, -0.2) is 16.1 Å². The van der Waals surface area contributed by atoms with Crippen LogP contribution < -0.4 is 15.8 Å². The summed E-state index contributed by atoms with van der Waals surface area (Å²) in [4.78, 5) is 8.08. The Labute approximate surface area is 117 Å². The lowest BCUT2D eigenvalue weighted by atomic mass is 10.2. The molecule has 6 heteroatoms. The molecule has 0 saturated carbocycles. The molecule has 0 aliphatic carbocycles. The molecule has 1 aromatic carbocycles. The lowest BCUT2D eigenvalue weighted by molar-refractivity contribution is 0.234. The van der Waals surface area contributed by atoms with Gasteiger partial charge in [0.25, 0.3) is 0 Å². The van der Waals surface area contributed by atoms with Gasteiger partial charge >= 0.3 is 0 Å². The molecule has 0 aliphatic heterocycles. The van der Waals surface area contributed by atoms with E-state index in [0.29, 0.717) is 28.6 Å². The number of ether oxygens (including phenoxy) is 1. The standard InChI is InChI=1S/C14H15N5O/c1-9(2)20-14-12(16)13(17-8-18-14)19-11-6-4-3-5-10(11)7-15/h3-6,8-9H,16H2,1-2H3,(H,17,18,19). The Balaban J connectivity index is 2.32. The van der Waals surface area contributed by atoms with Gasteiger partial charge in [0, 0.05) is 0 Å². The minimum absolute atomic E-state index is 0.0357. The fraction of sp³-hybridized carbons (Fsp3) is 0.214. The zero-order valence-electron chi connectivity index (χ0n) is 11.3. The summed E-state index contributed by atoms with van der Waals surface area (Å²) < 4.78 is 5.50. The van der Waals surface area contributed by atoms with Crippen LogP contribution in [0.1, 0.15) is 19.4 Å². The van der Waals surface area contributed by atoms with Crippen molar-refractivity contribution in [1.82, 2.24) is 9.97 Å². The molecule has 0 bridgehead atoms. The zero-order valence-corrected chi connectivity index (χ0v) is 11.3. The molecule has 2 aromatic rings. The van der Waals surface area contributed by atoms with Crippen molar-refractivity contribution in [2.24, 2.45) is 0 Å². The number of nitriles is 1. The van der Waals surface area contributed by atoms with E-state index in [4.69, 9.17) is 15.7 Å². The van der Waals surface area contributed by atoms with Crippen LogP contribution in [0.3, 0.4) is 0 Å². The second-order valence-corrected chi connectivity index (χ2v) is 4.39. The molecule has 0 atom stereocenters. The minimum Gasteiger partial charge on any atom is -0.473 e. The number of anilines is 3. The predicted octanol–water partition coefficient (Wildman–Crippen LogP) is 2.46. The summed E-state index contributed by atoms with van der Waals surface area (Å²) in [5.41, 5.74) is 7.44. The number of hydrogen-bond donors (Lipinski definition) is 2. The second-order valence-electron chi connectivity index (χ2n) is 4.39. The number of aromatic nitrogens is 2. The van der Waals surface area contributed by atoms with Crippen LogP contribution in [0.15, 0.2) is 30.6 Å². The molecular formula is C14H15N5O. The van der Waals surface area contributed by atoms with Gasteiger partial charge in [-0.25, -0.2) is 4.98 Å². The number of nitrogen functional groups attached to an aromatic ring is 1. The van der Waals surface area contributed by atoms with Gasteiger partial charge < -0.3 is 15.8 Å². The summed E-state index contributed by atoms with van der Waals surface area (Å²) in [6, 6.07) is 9.22. The van der Waals surface area contributed by atoms with E-state index in [1.54, 1.807) is 18.2 Å². The normalized spacial score (nSPS) is 10.1. The smallest absolute Gasteiger partial charge is 0.242 e. The molecular weight excluding hydrogens is 254 g/mol. The highest BCUT2D eigenvalue weighted by molar-refractivity contribution is 5.74. The summed E-state index contributed by atoms with van der Waals surface area (Å²) in [6.45, 7) is 3.78. The average Bonchev–Trinajstić information content (AvgIpc) is 2.43. The van der Waals surface area contributed by atoms with Crippen LogP contribution in [0.5, 0.6) is 5.88 Å². The van der Waals surface area contributed by atoms with Gasteiger partial charge in [0.05, 0.1) is 17.4 Å². The van der Waals surface area contributed by atoms with E-state index in [0.717, 1.165) is 0 Å². The molecule has 3 N–H and O–H groups in total. The molecule has 2 rings (SSSR count). The fourth-order valence-corrected chi connectivity index (χ4v) is 1.61. The Bertz CT molecular complexity index is 648. The Kier molecular flexibility index (Phi) is 4.01. The van der Waals surface area contributed by atoms with Crippen LogP contribution in [0.4, 0.5) is 17.2 Å². The Morgan fingerprint density at radius 3 is 2.75 bits per heavy atom.